The fourth-order valence-electron chi connectivity index (χ4n) is 2.46. The van der Waals surface area contributed by atoms with Gasteiger partial charge in [-0.05, 0) is 18.6 Å². The van der Waals surface area contributed by atoms with Gasteiger partial charge in [-0.3, -0.25) is 10.1 Å². The third kappa shape index (κ3) is 2.51. The molecule has 6 heteroatoms. The number of nitro benzene ring substituents is 1. The molecule has 1 aliphatic rings. The van der Waals surface area contributed by atoms with Crippen LogP contribution in [0.5, 0.6) is 0 Å². The van der Waals surface area contributed by atoms with Crippen LogP contribution in [0.4, 0.5) is 11.4 Å². The second-order valence-electron chi connectivity index (χ2n) is 4.90. The molecule has 0 amide bonds. The molecule has 6 nitrogen and oxygen atoms in total. The molecule has 2 rings (SSSR count). The number of nitro groups is 1. The van der Waals surface area contributed by atoms with E-state index in [1.807, 2.05) is 13.0 Å². The van der Waals surface area contributed by atoms with Crippen LogP contribution in [0.1, 0.15) is 25.3 Å². The normalized spacial score (nSPS) is 16.6. The molecule has 0 unspecified atom stereocenters. The van der Waals surface area contributed by atoms with E-state index in [0.29, 0.717) is 25.2 Å². The zero-order valence-corrected chi connectivity index (χ0v) is 10.7. The van der Waals surface area contributed by atoms with Crippen LogP contribution in [0.15, 0.2) is 18.2 Å². The molecule has 1 aromatic rings. The van der Waals surface area contributed by atoms with Crippen LogP contribution >= 0.6 is 0 Å². The summed E-state index contributed by atoms with van der Waals surface area (Å²) in [5, 5.41) is 29.9. The summed E-state index contributed by atoms with van der Waals surface area (Å²) in [5.41, 5.74) is -0.0987. The Morgan fingerprint density at radius 1 is 1.58 bits per heavy atom. The number of rotatable bonds is 4. The number of aliphatic hydroxyl groups is 1. The van der Waals surface area contributed by atoms with E-state index in [-0.39, 0.29) is 11.3 Å². The van der Waals surface area contributed by atoms with Gasteiger partial charge in [0.05, 0.1) is 22.2 Å². The van der Waals surface area contributed by atoms with Crippen molar-refractivity contribution in [1.82, 2.24) is 0 Å². The van der Waals surface area contributed by atoms with Crippen LogP contribution in [0.2, 0.25) is 0 Å². The van der Waals surface area contributed by atoms with Crippen LogP contribution in [0.25, 0.3) is 0 Å². The monoisotopic (exact) mass is 261 g/mol. The topological polar surface area (TPSA) is 90.4 Å². The van der Waals surface area contributed by atoms with Crippen molar-refractivity contribution >= 4 is 11.4 Å². The summed E-state index contributed by atoms with van der Waals surface area (Å²) in [6.45, 7) is 2.78. The van der Waals surface area contributed by atoms with Gasteiger partial charge in [0.2, 0.25) is 0 Å². The van der Waals surface area contributed by atoms with Gasteiger partial charge in [0.15, 0.2) is 0 Å². The first-order valence-corrected chi connectivity index (χ1v) is 6.15. The lowest BCUT2D eigenvalue weighted by Crippen LogP contribution is -2.62. The Morgan fingerprint density at radius 2 is 2.26 bits per heavy atom. The van der Waals surface area contributed by atoms with E-state index in [0.717, 1.165) is 6.42 Å². The largest absolute Gasteiger partial charge is 0.386 e. The SMILES string of the molecule is CCCC1(O)CN(c2ccc(C#N)cc2[N+](=O)[O-])C1. The highest BCUT2D eigenvalue weighted by Gasteiger charge is 2.42. The minimum atomic E-state index is -0.740. The van der Waals surface area contributed by atoms with E-state index in [1.54, 1.807) is 17.0 Å². The van der Waals surface area contributed by atoms with Gasteiger partial charge in [0.1, 0.15) is 5.69 Å². The van der Waals surface area contributed by atoms with Crippen LogP contribution < -0.4 is 4.90 Å². The molecular formula is C13H15N3O3. The van der Waals surface area contributed by atoms with Gasteiger partial charge in [-0.2, -0.15) is 5.26 Å². The van der Waals surface area contributed by atoms with Gasteiger partial charge in [-0.15, -0.1) is 0 Å². The fraction of sp³-hybridized carbons (Fsp3) is 0.462. The van der Waals surface area contributed by atoms with Gasteiger partial charge >= 0.3 is 0 Å². The molecule has 0 aromatic heterocycles. The quantitative estimate of drug-likeness (QED) is 0.659. The first-order chi connectivity index (χ1) is 8.99. The van der Waals surface area contributed by atoms with E-state index in [4.69, 9.17) is 5.26 Å². The third-order valence-corrected chi connectivity index (χ3v) is 3.33. The highest BCUT2D eigenvalue weighted by molar-refractivity contribution is 5.67. The average Bonchev–Trinajstić information content (AvgIpc) is 2.35. The smallest absolute Gasteiger partial charge is 0.293 e. The molecule has 0 bridgehead atoms. The Morgan fingerprint density at radius 3 is 2.79 bits per heavy atom. The summed E-state index contributed by atoms with van der Waals surface area (Å²) < 4.78 is 0. The maximum absolute atomic E-state index is 11.0. The van der Waals surface area contributed by atoms with E-state index in [1.165, 1.54) is 6.07 Å². The van der Waals surface area contributed by atoms with Crippen molar-refractivity contribution in [2.24, 2.45) is 0 Å². The van der Waals surface area contributed by atoms with Crippen LogP contribution in [-0.4, -0.2) is 28.7 Å². The summed E-state index contributed by atoms with van der Waals surface area (Å²) >= 11 is 0. The number of β-amino-alcohol motifs (C(OH)–C–C–N with tert-alkyl or cyclic N) is 1. The molecule has 1 heterocycles. The lowest BCUT2D eigenvalue weighted by Gasteiger charge is -2.47. The molecule has 100 valence electrons. The number of benzene rings is 1. The Bertz CT molecular complexity index is 545. The van der Waals surface area contributed by atoms with Crippen molar-refractivity contribution < 1.29 is 10.0 Å². The molecule has 1 saturated heterocycles. The Balaban J connectivity index is 2.23. The number of nitrogens with zero attached hydrogens (tertiary/aromatic N) is 3. The first-order valence-electron chi connectivity index (χ1n) is 6.15. The molecule has 1 fully saturated rings. The highest BCUT2D eigenvalue weighted by Crippen LogP contribution is 2.36. The van der Waals surface area contributed by atoms with Crippen LogP contribution in [0.3, 0.4) is 0 Å². The number of nitriles is 1. The Kier molecular flexibility index (Phi) is 3.40. The molecule has 1 aromatic carbocycles. The van der Waals surface area contributed by atoms with Crippen molar-refractivity contribution in [3.63, 3.8) is 0 Å². The van der Waals surface area contributed by atoms with E-state index in [2.05, 4.69) is 0 Å². The summed E-state index contributed by atoms with van der Waals surface area (Å²) in [6.07, 6.45) is 1.56. The van der Waals surface area contributed by atoms with E-state index in [9.17, 15) is 15.2 Å². The number of hydrogen-bond acceptors (Lipinski definition) is 5. The van der Waals surface area contributed by atoms with Crippen molar-refractivity contribution in [2.45, 2.75) is 25.4 Å². The van der Waals surface area contributed by atoms with Crippen molar-refractivity contribution in [3.8, 4) is 6.07 Å². The lowest BCUT2D eigenvalue weighted by atomic mass is 9.88. The predicted octanol–water partition coefficient (Wildman–Crippen LogP) is 1.82. The van der Waals surface area contributed by atoms with Crippen molar-refractivity contribution in [3.05, 3.63) is 33.9 Å². The minimum Gasteiger partial charge on any atom is -0.386 e. The molecule has 0 aliphatic carbocycles. The Hall–Kier alpha value is -2.13. The summed E-state index contributed by atoms with van der Waals surface area (Å²) in [7, 11) is 0. The van der Waals surface area contributed by atoms with Crippen molar-refractivity contribution in [1.29, 1.82) is 5.26 Å². The van der Waals surface area contributed by atoms with Gasteiger partial charge in [-0.1, -0.05) is 13.3 Å². The molecule has 0 spiro atoms. The van der Waals surface area contributed by atoms with Gasteiger partial charge in [0.25, 0.3) is 5.69 Å². The van der Waals surface area contributed by atoms with Crippen LogP contribution in [-0.2, 0) is 0 Å². The summed E-state index contributed by atoms with van der Waals surface area (Å²) in [5.74, 6) is 0. The molecule has 1 N–H and O–H groups in total. The third-order valence-electron chi connectivity index (χ3n) is 3.33. The Labute approximate surface area is 111 Å². The van der Waals surface area contributed by atoms with E-state index < -0.39 is 10.5 Å². The van der Waals surface area contributed by atoms with E-state index >= 15 is 0 Å². The molecule has 1 aliphatic heterocycles. The van der Waals surface area contributed by atoms with Gasteiger partial charge in [0, 0.05) is 19.2 Å². The van der Waals surface area contributed by atoms with Crippen LogP contribution in [0, 0.1) is 21.4 Å². The van der Waals surface area contributed by atoms with Gasteiger partial charge in [-0.25, -0.2) is 0 Å². The lowest BCUT2D eigenvalue weighted by molar-refractivity contribution is -0.384. The average molecular weight is 261 g/mol. The molecule has 0 atom stereocenters. The molecule has 0 radical (unpaired) electrons. The first kappa shape index (κ1) is 13.3. The summed E-state index contributed by atoms with van der Waals surface area (Å²) in [6, 6.07) is 6.29. The zero-order chi connectivity index (χ0) is 14.0. The molecule has 19 heavy (non-hydrogen) atoms. The zero-order valence-electron chi connectivity index (χ0n) is 10.7. The predicted molar refractivity (Wildman–Crippen MR) is 69.9 cm³/mol. The number of hydrogen-bond donors (Lipinski definition) is 1. The minimum absolute atomic E-state index is 0.0856. The standard InChI is InChI=1S/C13H15N3O3/c1-2-5-13(17)8-15(9-13)11-4-3-10(7-14)6-12(11)16(18)19/h3-4,6,17H,2,5,8-9H2,1H3. The second-order valence-corrected chi connectivity index (χ2v) is 4.90. The maximum Gasteiger partial charge on any atom is 0.293 e. The van der Waals surface area contributed by atoms with Gasteiger partial charge < -0.3 is 10.0 Å². The second kappa shape index (κ2) is 4.86. The molecular weight excluding hydrogens is 246 g/mol. The number of anilines is 1. The molecule has 0 saturated carbocycles. The van der Waals surface area contributed by atoms with Crippen molar-refractivity contribution in [2.75, 3.05) is 18.0 Å². The summed E-state index contributed by atoms with van der Waals surface area (Å²) in [4.78, 5) is 12.3. The fourth-order valence-corrected chi connectivity index (χ4v) is 2.46. The maximum atomic E-state index is 11.0. The highest BCUT2D eigenvalue weighted by atomic mass is 16.6.